The van der Waals surface area contributed by atoms with Gasteiger partial charge in [-0.05, 0) is 0 Å². The molecule has 4 heteroatoms. The summed E-state index contributed by atoms with van der Waals surface area (Å²) in [5.41, 5.74) is 0. The van der Waals surface area contributed by atoms with Crippen molar-refractivity contribution in [3.05, 3.63) is 0 Å². The molecule has 0 aromatic carbocycles. The van der Waals surface area contributed by atoms with E-state index in [1.165, 1.54) is 0 Å². The number of hydrogen-bond donors (Lipinski definition) is 1. The Morgan fingerprint density at radius 1 is 1.86 bits per heavy atom. The van der Waals surface area contributed by atoms with Gasteiger partial charge in [0, 0.05) is 6.42 Å². The molecule has 0 aliphatic rings. The van der Waals surface area contributed by atoms with E-state index in [0.29, 0.717) is 0 Å². The van der Waals surface area contributed by atoms with Crippen molar-refractivity contribution < 1.29 is 14.9 Å². The first-order chi connectivity index (χ1) is 2.81. The van der Waals surface area contributed by atoms with Crippen molar-refractivity contribution >= 4 is 16.1 Å². The Hall–Kier alpha value is -0.401. The van der Waals surface area contributed by atoms with Gasteiger partial charge in [-0.3, -0.25) is 0 Å². The molecule has 0 bridgehead atoms. The maximum atomic E-state index is 9.71. The summed E-state index contributed by atoms with van der Waals surface area (Å²) in [5.74, 6) is -0.602. The van der Waals surface area contributed by atoms with Gasteiger partial charge in [0.1, 0.15) is 0 Å². The van der Waals surface area contributed by atoms with Gasteiger partial charge in [-0.25, -0.2) is 4.79 Å². The number of carbonyl (C=O) groups excluding carboxylic acids is 1. The van der Waals surface area contributed by atoms with Gasteiger partial charge in [0.15, 0.2) is 0 Å². The molecule has 0 spiro atoms. The molecule has 0 saturated heterocycles. The summed E-state index contributed by atoms with van der Waals surface area (Å²) in [6.45, 7) is 1.60. The van der Waals surface area contributed by atoms with Crippen molar-refractivity contribution in [1.29, 1.82) is 0 Å². The van der Waals surface area contributed by atoms with Crippen LogP contribution in [-0.4, -0.2) is 21.3 Å². The van der Waals surface area contributed by atoms with Gasteiger partial charge in [0.25, 0.3) is 0 Å². The summed E-state index contributed by atoms with van der Waals surface area (Å²) in [4.78, 5) is 13.0. The van der Waals surface area contributed by atoms with Gasteiger partial charge < -0.3 is 4.89 Å². The first kappa shape index (κ1) is 9.78. The summed E-state index contributed by atoms with van der Waals surface area (Å²) < 4.78 is 0. The van der Waals surface area contributed by atoms with Gasteiger partial charge in [-0.2, -0.15) is 5.26 Å². The van der Waals surface area contributed by atoms with E-state index in [4.69, 9.17) is 5.26 Å². The van der Waals surface area contributed by atoms with Crippen molar-refractivity contribution in [3.8, 4) is 0 Å². The molecule has 0 atom stereocenters. The zero-order valence-corrected chi connectivity index (χ0v) is 3.47. The molecule has 0 aromatic heterocycles. The van der Waals surface area contributed by atoms with E-state index in [-0.39, 0.29) is 16.5 Å². The fourth-order valence-corrected chi connectivity index (χ4v) is 0.0645. The molecule has 3 nitrogen and oxygen atoms in total. The topological polar surface area (TPSA) is 46.5 Å². The van der Waals surface area contributed by atoms with Crippen LogP contribution in [0, 0.1) is 0 Å². The normalized spacial score (nSPS) is 6.57. The Balaban J connectivity index is 0. The second-order valence-corrected chi connectivity index (χ2v) is 0.817. The van der Waals surface area contributed by atoms with Gasteiger partial charge >= 0.3 is 16.1 Å². The van der Waals surface area contributed by atoms with Crippen LogP contribution >= 0.6 is 0 Å². The van der Waals surface area contributed by atoms with Crippen molar-refractivity contribution in [3.63, 3.8) is 0 Å². The van der Waals surface area contributed by atoms with Gasteiger partial charge in [-0.1, -0.05) is 6.92 Å². The van der Waals surface area contributed by atoms with Gasteiger partial charge in [0.05, 0.1) is 0 Å². The molecule has 0 unspecified atom stereocenters. The van der Waals surface area contributed by atoms with E-state index in [0.717, 1.165) is 0 Å². The van der Waals surface area contributed by atoms with Crippen molar-refractivity contribution in [2.75, 3.05) is 0 Å². The number of hydrogen-bond acceptors (Lipinski definition) is 3. The first-order valence-corrected chi connectivity index (χ1v) is 1.65. The molecular formula is C3H8BeO3. The molecular weight excluding hydrogens is 93.0 g/mol. The Morgan fingerprint density at radius 2 is 2.29 bits per heavy atom. The molecule has 0 aliphatic carbocycles. The molecule has 0 aromatic rings. The SMILES string of the molecule is CCC(=O)OO.[BeH2]. The molecule has 0 aliphatic heterocycles. The molecule has 0 rings (SSSR count). The van der Waals surface area contributed by atoms with E-state index in [2.05, 4.69) is 4.89 Å². The maximum absolute atomic E-state index is 9.71. The quantitative estimate of drug-likeness (QED) is 0.275. The number of rotatable bonds is 1. The Morgan fingerprint density at radius 3 is 2.29 bits per heavy atom. The summed E-state index contributed by atoms with van der Waals surface area (Å²) >= 11 is 0. The molecule has 0 heterocycles. The van der Waals surface area contributed by atoms with Gasteiger partial charge in [0.2, 0.25) is 0 Å². The molecule has 0 amide bonds. The molecule has 1 N–H and O–H groups in total. The number of carbonyl (C=O) groups is 1. The van der Waals surface area contributed by atoms with E-state index in [9.17, 15) is 4.79 Å². The van der Waals surface area contributed by atoms with Crippen molar-refractivity contribution in [2.45, 2.75) is 13.3 Å². The van der Waals surface area contributed by atoms with Gasteiger partial charge in [-0.15, -0.1) is 0 Å². The van der Waals surface area contributed by atoms with Crippen LogP contribution in [-0.2, 0) is 9.68 Å². The van der Waals surface area contributed by atoms with E-state index < -0.39 is 5.97 Å². The van der Waals surface area contributed by atoms with Crippen LogP contribution in [0.3, 0.4) is 0 Å². The molecule has 0 radical (unpaired) electrons. The third-order valence-electron chi connectivity index (χ3n) is 0.390. The average molecular weight is 101 g/mol. The first-order valence-electron chi connectivity index (χ1n) is 1.65. The van der Waals surface area contributed by atoms with Crippen LogP contribution in [0.5, 0.6) is 0 Å². The zero-order valence-electron chi connectivity index (χ0n) is 3.47. The van der Waals surface area contributed by atoms with Crippen LogP contribution in [0.25, 0.3) is 0 Å². The minimum atomic E-state index is -0.602. The van der Waals surface area contributed by atoms with Crippen molar-refractivity contribution in [1.82, 2.24) is 0 Å². The Labute approximate surface area is 45.4 Å². The summed E-state index contributed by atoms with van der Waals surface area (Å²) in [5, 5.41) is 7.49. The Bertz CT molecular complexity index is 48.1. The molecule has 7 heavy (non-hydrogen) atoms. The predicted octanol–water partition coefficient (Wildman–Crippen LogP) is -0.504. The Kier molecular flexibility index (Phi) is 7.82. The van der Waals surface area contributed by atoms with Crippen LogP contribution in [0.2, 0.25) is 0 Å². The molecule has 40 valence electrons. The van der Waals surface area contributed by atoms with Crippen LogP contribution in [0.15, 0.2) is 0 Å². The van der Waals surface area contributed by atoms with Crippen LogP contribution in [0.4, 0.5) is 0 Å². The second kappa shape index (κ2) is 5.60. The fraction of sp³-hybridized carbons (Fsp3) is 0.667. The summed E-state index contributed by atoms with van der Waals surface area (Å²) in [7, 11) is 0. The molecule has 0 saturated carbocycles. The average Bonchev–Trinajstić information content (AvgIpc) is 1.65. The standard InChI is InChI=1S/C3H6O3.Be.2H/c1-2-3(4)6-5;;;/h5H,2H2,1H3;;;. The van der Waals surface area contributed by atoms with Crippen LogP contribution < -0.4 is 0 Å². The van der Waals surface area contributed by atoms with E-state index in [1.807, 2.05) is 0 Å². The monoisotopic (exact) mass is 101 g/mol. The van der Waals surface area contributed by atoms with Crippen molar-refractivity contribution in [2.24, 2.45) is 0 Å². The van der Waals surface area contributed by atoms with Crippen LogP contribution in [0.1, 0.15) is 13.3 Å². The minimum absolute atomic E-state index is 0. The predicted molar refractivity (Wildman–Crippen MR) is 27.6 cm³/mol. The summed E-state index contributed by atoms with van der Waals surface area (Å²) in [6.07, 6.45) is 0.219. The third kappa shape index (κ3) is 5.60. The third-order valence-corrected chi connectivity index (χ3v) is 0.390. The fourth-order valence-electron chi connectivity index (χ4n) is 0.0645. The van der Waals surface area contributed by atoms with E-state index in [1.54, 1.807) is 6.92 Å². The second-order valence-electron chi connectivity index (χ2n) is 0.817. The summed E-state index contributed by atoms with van der Waals surface area (Å²) in [6, 6.07) is 0. The molecule has 0 fully saturated rings. The van der Waals surface area contributed by atoms with E-state index >= 15 is 0 Å². The zero-order chi connectivity index (χ0) is 4.99.